The van der Waals surface area contributed by atoms with E-state index in [4.69, 9.17) is 9.94 Å². The molecule has 3 aromatic rings. The van der Waals surface area contributed by atoms with Crippen molar-refractivity contribution in [1.29, 1.82) is 0 Å². The Morgan fingerprint density at radius 1 is 1.39 bits per heavy atom. The number of rotatable bonds is 4. The van der Waals surface area contributed by atoms with Crippen LogP contribution in [0.25, 0.3) is 10.9 Å². The zero-order valence-corrected chi connectivity index (χ0v) is 12.3. The highest BCUT2D eigenvalue weighted by Gasteiger charge is 2.10. The van der Waals surface area contributed by atoms with Gasteiger partial charge in [0, 0.05) is 24.3 Å². The number of halogens is 1. The normalized spacial score (nSPS) is 10.7. The molecule has 2 heterocycles. The lowest BCUT2D eigenvalue weighted by molar-refractivity contribution is 0.0701. The lowest BCUT2D eigenvalue weighted by Gasteiger charge is -2.09. The van der Waals surface area contributed by atoms with Crippen molar-refractivity contribution in [3.05, 3.63) is 59.8 Å². The Morgan fingerprint density at radius 3 is 2.96 bits per heavy atom. The lowest BCUT2D eigenvalue weighted by atomic mass is 10.2. The molecule has 0 unspecified atom stereocenters. The number of methoxy groups -OCH3 is 1. The molecule has 0 bridgehead atoms. The SMILES string of the molecule is COc1cc(Cn2ccc3cnc(C(=O)NO)cc32)ccc1F. The smallest absolute Gasteiger partial charge is 0.293 e. The number of hydroxylamine groups is 1. The lowest BCUT2D eigenvalue weighted by Crippen LogP contribution is -2.19. The van der Waals surface area contributed by atoms with Crippen LogP contribution >= 0.6 is 0 Å². The highest BCUT2D eigenvalue weighted by Crippen LogP contribution is 2.21. The van der Waals surface area contributed by atoms with Gasteiger partial charge in [-0.2, -0.15) is 0 Å². The second-order valence-corrected chi connectivity index (χ2v) is 4.98. The van der Waals surface area contributed by atoms with Crippen molar-refractivity contribution in [2.75, 3.05) is 7.11 Å². The van der Waals surface area contributed by atoms with Crippen LogP contribution in [0.3, 0.4) is 0 Å². The van der Waals surface area contributed by atoms with Crippen LogP contribution in [0.5, 0.6) is 5.75 Å². The predicted molar refractivity (Wildman–Crippen MR) is 81.0 cm³/mol. The molecule has 2 N–H and O–H groups in total. The molecular weight excluding hydrogens is 301 g/mol. The van der Waals surface area contributed by atoms with Crippen molar-refractivity contribution in [1.82, 2.24) is 15.0 Å². The van der Waals surface area contributed by atoms with Gasteiger partial charge >= 0.3 is 0 Å². The number of ether oxygens (including phenoxy) is 1. The molecule has 0 fully saturated rings. The van der Waals surface area contributed by atoms with Crippen LogP contribution < -0.4 is 10.2 Å². The van der Waals surface area contributed by atoms with E-state index in [1.54, 1.807) is 29.9 Å². The van der Waals surface area contributed by atoms with Crippen molar-refractivity contribution >= 4 is 16.8 Å². The summed E-state index contributed by atoms with van der Waals surface area (Å²) in [7, 11) is 1.42. The van der Waals surface area contributed by atoms with Crippen LogP contribution in [0.2, 0.25) is 0 Å². The minimum atomic E-state index is -0.678. The van der Waals surface area contributed by atoms with E-state index in [-0.39, 0.29) is 11.4 Å². The van der Waals surface area contributed by atoms with Crippen molar-refractivity contribution in [2.24, 2.45) is 0 Å². The molecule has 1 amide bonds. The minimum Gasteiger partial charge on any atom is -0.494 e. The maximum absolute atomic E-state index is 13.5. The molecule has 6 nitrogen and oxygen atoms in total. The van der Waals surface area contributed by atoms with E-state index in [1.807, 2.05) is 16.8 Å². The first-order chi connectivity index (χ1) is 11.1. The van der Waals surface area contributed by atoms with E-state index in [1.165, 1.54) is 13.2 Å². The Balaban J connectivity index is 1.98. The Labute approximate surface area is 131 Å². The van der Waals surface area contributed by atoms with Crippen LogP contribution in [0, 0.1) is 5.82 Å². The largest absolute Gasteiger partial charge is 0.494 e. The van der Waals surface area contributed by atoms with Gasteiger partial charge in [0.25, 0.3) is 5.91 Å². The molecular formula is C16H14FN3O3. The molecule has 0 radical (unpaired) electrons. The highest BCUT2D eigenvalue weighted by atomic mass is 19.1. The van der Waals surface area contributed by atoms with Gasteiger partial charge in [-0.3, -0.25) is 15.0 Å². The number of fused-ring (bicyclic) bond motifs is 1. The third-order valence-electron chi connectivity index (χ3n) is 3.56. The average Bonchev–Trinajstić information content (AvgIpc) is 2.98. The first kappa shape index (κ1) is 15.0. The van der Waals surface area contributed by atoms with Gasteiger partial charge in [-0.15, -0.1) is 0 Å². The van der Waals surface area contributed by atoms with Crippen molar-refractivity contribution < 1.29 is 19.1 Å². The summed E-state index contributed by atoms with van der Waals surface area (Å²) in [6.07, 6.45) is 3.41. The zero-order valence-electron chi connectivity index (χ0n) is 12.3. The van der Waals surface area contributed by atoms with Gasteiger partial charge < -0.3 is 9.30 Å². The van der Waals surface area contributed by atoms with Crippen molar-refractivity contribution in [2.45, 2.75) is 6.54 Å². The molecule has 3 rings (SSSR count). The highest BCUT2D eigenvalue weighted by molar-refractivity contribution is 5.95. The van der Waals surface area contributed by atoms with E-state index >= 15 is 0 Å². The summed E-state index contributed by atoms with van der Waals surface area (Å²) in [4.78, 5) is 15.5. The number of hydrogen-bond acceptors (Lipinski definition) is 4. The fourth-order valence-corrected chi connectivity index (χ4v) is 2.40. The first-order valence-corrected chi connectivity index (χ1v) is 6.84. The third-order valence-corrected chi connectivity index (χ3v) is 3.56. The topological polar surface area (TPSA) is 76.4 Å². The summed E-state index contributed by atoms with van der Waals surface area (Å²) >= 11 is 0. The van der Waals surface area contributed by atoms with Gasteiger partial charge in [-0.05, 0) is 29.8 Å². The van der Waals surface area contributed by atoms with Gasteiger partial charge in [-0.25, -0.2) is 9.87 Å². The number of nitrogens with zero attached hydrogens (tertiary/aromatic N) is 2. The summed E-state index contributed by atoms with van der Waals surface area (Å²) in [5, 5.41) is 9.56. The minimum absolute atomic E-state index is 0.108. The van der Waals surface area contributed by atoms with Crippen LogP contribution in [0.1, 0.15) is 16.1 Å². The fraction of sp³-hybridized carbons (Fsp3) is 0.125. The molecule has 0 saturated carbocycles. The monoisotopic (exact) mass is 315 g/mol. The van der Waals surface area contributed by atoms with Gasteiger partial charge in [0.15, 0.2) is 11.6 Å². The summed E-state index contributed by atoms with van der Waals surface area (Å²) in [6.45, 7) is 0.477. The number of carbonyl (C=O) groups is 1. The van der Waals surface area contributed by atoms with Crippen LogP contribution in [-0.4, -0.2) is 27.8 Å². The van der Waals surface area contributed by atoms with Crippen LogP contribution in [0.15, 0.2) is 42.7 Å². The van der Waals surface area contributed by atoms with Crippen LogP contribution in [-0.2, 0) is 6.54 Å². The Bertz CT molecular complexity index is 876. The second kappa shape index (κ2) is 6.05. The molecule has 7 heteroatoms. The average molecular weight is 315 g/mol. The number of carbonyl (C=O) groups excluding carboxylic acids is 1. The first-order valence-electron chi connectivity index (χ1n) is 6.84. The second-order valence-electron chi connectivity index (χ2n) is 4.98. The molecule has 1 aromatic carbocycles. The molecule has 0 aliphatic carbocycles. The number of amides is 1. The molecule has 2 aromatic heterocycles. The van der Waals surface area contributed by atoms with Crippen molar-refractivity contribution in [3.8, 4) is 5.75 Å². The van der Waals surface area contributed by atoms with E-state index in [0.717, 1.165) is 16.5 Å². The summed E-state index contributed by atoms with van der Waals surface area (Å²) in [5.74, 6) is -0.913. The van der Waals surface area contributed by atoms with Gasteiger partial charge in [0.1, 0.15) is 5.69 Å². The maximum atomic E-state index is 13.5. The number of pyridine rings is 1. The molecule has 0 spiro atoms. The number of aromatic nitrogens is 2. The fourth-order valence-electron chi connectivity index (χ4n) is 2.40. The molecule has 0 aliphatic heterocycles. The number of hydrogen-bond donors (Lipinski definition) is 2. The Hall–Kier alpha value is -2.93. The van der Waals surface area contributed by atoms with Crippen molar-refractivity contribution in [3.63, 3.8) is 0 Å². The van der Waals surface area contributed by atoms with E-state index in [9.17, 15) is 9.18 Å². The van der Waals surface area contributed by atoms with E-state index in [0.29, 0.717) is 6.54 Å². The quantitative estimate of drug-likeness (QED) is 0.572. The zero-order chi connectivity index (χ0) is 16.4. The molecule has 0 saturated heterocycles. The maximum Gasteiger partial charge on any atom is 0.293 e. The van der Waals surface area contributed by atoms with Gasteiger partial charge in [0.2, 0.25) is 0 Å². The summed E-state index contributed by atoms with van der Waals surface area (Å²) < 4.78 is 20.4. The van der Waals surface area contributed by atoms with E-state index in [2.05, 4.69) is 4.98 Å². The van der Waals surface area contributed by atoms with Gasteiger partial charge in [-0.1, -0.05) is 6.07 Å². The van der Waals surface area contributed by atoms with Gasteiger partial charge in [0.05, 0.1) is 12.6 Å². The Kier molecular flexibility index (Phi) is 3.94. The predicted octanol–water partition coefficient (Wildman–Crippen LogP) is 2.35. The summed E-state index contributed by atoms with van der Waals surface area (Å²) in [6, 6.07) is 8.10. The molecule has 0 aliphatic rings. The molecule has 0 atom stereocenters. The number of benzene rings is 1. The number of nitrogens with one attached hydrogen (secondary N) is 1. The van der Waals surface area contributed by atoms with Crippen LogP contribution in [0.4, 0.5) is 4.39 Å². The third kappa shape index (κ3) is 2.86. The standard InChI is InChI=1S/C16H14FN3O3/c1-23-15-6-10(2-3-12(15)17)9-20-5-4-11-8-18-13(7-14(11)20)16(21)19-22/h2-8,22H,9H2,1H3,(H,19,21). The molecule has 23 heavy (non-hydrogen) atoms. The molecule has 118 valence electrons. The van der Waals surface area contributed by atoms with E-state index < -0.39 is 11.7 Å². The Morgan fingerprint density at radius 2 is 2.22 bits per heavy atom. The summed E-state index contributed by atoms with van der Waals surface area (Å²) in [5.41, 5.74) is 3.30.